The van der Waals surface area contributed by atoms with Crippen LogP contribution in [0.1, 0.15) is 51.5 Å². The molecule has 1 N–H and O–H groups in total. The zero-order valence-electron chi connectivity index (χ0n) is 14.8. The van der Waals surface area contributed by atoms with Gasteiger partial charge in [-0.25, -0.2) is 0 Å². The summed E-state index contributed by atoms with van der Waals surface area (Å²) in [5.74, 6) is 0.417. The largest absolute Gasteiger partial charge is 0.353 e. The molecule has 1 aromatic carbocycles. The highest BCUT2D eigenvalue weighted by atomic mass is 16.2. The Morgan fingerprint density at radius 1 is 1.21 bits per heavy atom. The van der Waals surface area contributed by atoms with Crippen molar-refractivity contribution in [3.63, 3.8) is 0 Å². The zero-order valence-corrected chi connectivity index (χ0v) is 14.8. The minimum atomic E-state index is -0.225. The van der Waals surface area contributed by atoms with E-state index in [4.69, 9.17) is 0 Å². The lowest BCUT2D eigenvalue weighted by molar-refractivity contribution is -0.127. The lowest BCUT2D eigenvalue weighted by Crippen LogP contribution is -2.44. The molecule has 1 aromatic rings. The monoisotopic (exact) mass is 328 g/mol. The lowest BCUT2D eigenvalue weighted by atomic mass is 9.85. The molecule has 0 radical (unpaired) electrons. The van der Waals surface area contributed by atoms with Gasteiger partial charge in [-0.05, 0) is 42.9 Å². The molecule has 24 heavy (non-hydrogen) atoms. The first-order valence-corrected chi connectivity index (χ1v) is 9.28. The first-order chi connectivity index (χ1) is 11.6. The van der Waals surface area contributed by atoms with E-state index in [0.717, 1.165) is 18.5 Å². The molecule has 1 saturated carbocycles. The van der Waals surface area contributed by atoms with Gasteiger partial charge in [0, 0.05) is 24.7 Å². The highest BCUT2D eigenvalue weighted by molar-refractivity contribution is 6.00. The molecule has 0 aromatic heterocycles. The standard InChI is InChI=1S/C20H28N2O2/c1-3-15-8-10-17(11-9-15)22-13-16(12-19(22)23)20(24)21-18-7-5-4-6-14(18)2/h8-11,14,16,18H,3-7,12-13H2,1-2H3,(H,21,24)/t14-,16-,18+/m0/s1. The average molecular weight is 328 g/mol. The van der Waals surface area contributed by atoms with Crippen LogP contribution in [0.3, 0.4) is 0 Å². The summed E-state index contributed by atoms with van der Waals surface area (Å²) in [7, 11) is 0. The summed E-state index contributed by atoms with van der Waals surface area (Å²) in [6, 6.07) is 8.36. The maximum Gasteiger partial charge on any atom is 0.227 e. The molecule has 1 aliphatic carbocycles. The van der Waals surface area contributed by atoms with Gasteiger partial charge in [0.05, 0.1) is 5.92 Å². The van der Waals surface area contributed by atoms with Crippen LogP contribution in [-0.4, -0.2) is 24.4 Å². The van der Waals surface area contributed by atoms with E-state index in [1.54, 1.807) is 4.90 Å². The number of nitrogens with zero attached hydrogens (tertiary/aromatic N) is 1. The predicted molar refractivity (Wildman–Crippen MR) is 95.8 cm³/mol. The van der Waals surface area contributed by atoms with Gasteiger partial charge in [-0.15, -0.1) is 0 Å². The van der Waals surface area contributed by atoms with Crippen LogP contribution in [0.25, 0.3) is 0 Å². The van der Waals surface area contributed by atoms with Crippen LogP contribution >= 0.6 is 0 Å². The van der Waals surface area contributed by atoms with E-state index in [0.29, 0.717) is 18.9 Å². The summed E-state index contributed by atoms with van der Waals surface area (Å²) >= 11 is 0. The maximum atomic E-state index is 12.6. The third-order valence-electron chi connectivity index (χ3n) is 5.59. The molecular weight excluding hydrogens is 300 g/mol. The molecule has 3 atom stereocenters. The van der Waals surface area contributed by atoms with Crippen LogP contribution in [0.4, 0.5) is 5.69 Å². The second-order valence-electron chi connectivity index (χ2n) is 7.30. The molecule has 2 aliphatic rings. The Hall–Kier alpha value is -1.84. The molecule has 3 rings (SSSR count). The maximum absolute atomic E-state index is 12.6. The van der Waals surface area contributed by atoms with Crippen LogP contribution in [0.15, 0.2) is 24.3 Å². The van der Waals surface area contributed by atoms with Gasteiger partial charge in [-0.3, -0.25) is 9.59 Å². The molecule has 4 nitrogen and oxygen atoms in total. The molecule has 0 spiro atoms. The number of aryl methyl sites for hydroxylation is 1. The Morgan fingerprint density at radius 3 is 2.58 bits per heavy atom. The number of carbonyl (C=O) groups excluding carboxylic acids is 2. The van der Waals surface area contributed by atoms with Crippen LogP contribution in [0.2, 0.25) is 0 Å². The summed E-state index contributed by atoms with van der Waals surface area (Å²) in [4.78, 5) is 26.7. The van der Waals surface area contributed by atoms with E-state index in [1.165, 1.54) is 24.8 Å². The van der Waals surface area contributed by atoms with Crippen molar-refractivity contribution in [2.24, 2.45) is 11.8 Å². The number of rotatable bonds is 4. The third kappa shape index (κ3) is 3.63. The molecule has 4 heteroatoms. The van der Waals surface area contributed by atoms with E-state index in [1.807, 2.05) is 12.1 Å². The van der Waals surface area contributed by atoms with Gasteiger partial charge in [-0.1, -0.05) is 38.8 Å². The van der Waals surface area contributed by atoms with E-state index >= 15 is 0 Å². The molecule has 2 amide bonds. The number of anilines is 1. The normalized spacial score (nSPS) is 27.3. The topological polar surface area (TPSA) is 49.4 Å². The molecule has 1 aliphatic heterocycles. The van der Waals surface area contributed by atoms with Crippen LogP contribution in [0, 0.1) is 11.8 Å². The van der Waals surface area contributed by atoms with Crippen molar-refractivity contribution >= 4 is 17.5 Å². The van der Waals surface area contributed by atoms with Crippen molar-refractivity contribution in [1.29, 1.82) is 0 Å². The van der Waals surface area contributed by atoms with E-state index in [2.05, 4.69) is 31.3 Å². The summed E-state index contributed by atoms with van der Waals surface area (Å²) in [5, 5.41) is 3.20. The molecular formula is C20H28N2O2. The van der Waals surface area contributed by atoms with Crippen molar-refractivity contribution < 1.29 is 9.59 Å². The highest BCUT2D eigenvalue weighted by Crippen LogP contribution is 2.28. The van der Waals surface area contributed by atoms with Gasteiger partial charge < -0.3 is 10.2 Å². The Balaban J connectivity index is 1.62. The van der Waals surface area contributed by atoms with Gasteiger partial charge in [0.2, 0.25) is 11.8 Å². The molecule has 0 bridgehead atoms. The third-order valence-corrected chi connectivity index (χ3v) is 5.59. The smallest absolute Gasteiger partial charge is 0.227 e. The average Bonchev–Trinajstić information content (AvgIpc) is 2.99. The van der Waals surface area contributed by atoms with E-state index < -0.39 is 0 Å². The predicted octanol–water partition coefficient (Wildman–Crippen LogP) is 3.30. The summed E-state index contributed by atoms with van der Waals surface area (Å²) in [6.07, 6.45) is 6.01. The quantitative estimate of drug-likeness (QED) is 0.922. The summed E-state index contributed by atoms with van der Waals surface area (Å²) < 4.78 is 0. The van der Waals surface area contributed by atoms with Crippen LogP contribution in [-0.2, 0) is 16.0 Å². The Bertz CT molecular complexity index is 596. The molecule has 2 fully saturated rings. The van der Waals surface area contributed by atoms with Gasteiger partial charge in [0.25, 0.3) is 0 Å². The fourth-order valence-corrected chi connectivity index (χ4v) is 3.88. The molecule has 0 unspecified atom stereocenters. The first kappa shape index (κ1) is 17.0. The first-order valence-electron chi connectivity index (χ1n) is 9.28. The fraction of sp³-hybridized carbons (Fsp3) is 0.600. The Labute approximate surface area is 144 Å². The number of hydrogen-bond donors (Lipinski definition) is 1. The molecule has 1 saturated heterocycles. The number of nitrogens with one attached hydrogen (secondary N) is 1. The minimum Gasteiger partial charge on any atom is -0.353 e. The second-order valence-corrected chi connectivity index (χ2v) is 7.30. The van der Waals surface area contributed by atoms with Crippen molar-refractivity contribution in [2.75, 3.05) is 11.4 Å². The van der Waals surface area contributed by atoms with Crippen LogP contribution < -0.4 is 10.2 Å². The van der Waals surface area contributed by atoms with E-state index in [-0.39, 0.29) is 23.8 Å². The Kier molecular flexibility index (Phi) is 5.22. The SMILES string of the molecule is CCc1ccc(N2C[C@@H](C(=O)N[C@@H]3CCCC[C@@H]3C)CC2=O)cc1. The van der Waals surface area contributed by atoms with Crippen molar-refractivity contribution in [3.05, 3.63) is 29.8 Å². The van der Waals surface area contributed by atoms with Crippen molar-refractivity contribution in [2.45, 2.75) is 58.4 Å². The highest BCUT2D eigenvalue weighted by Gasteiger charge is 2.36. The number of hydrogen-bond acceptors (Lipinski definition) is 2. The number of benzene rings is 1. The zero-order chi connectivity index (χ0) is 17.1. The molecule has 1 heterocycles. The minimum absolute atomic E-state index is 0.0507. The van der Waals surface area contributed by atoms with E-state index in [9.17, 15) is 9.59 Å². The van der Waals surface area contributed by atoms with Crippen LogP contribution in [0.5, 0.6) is 0 Å². The fourth-order valence-electron chi connectivity index (χ4n) is 3.88. The lowest BCUT2D eigenvalue weighted by Gasteiger charge is -2.30. The Morgan fingerprint density at radius 2 is 1.92 bits per heavy atom. The van der Waals surface area contributed by atoms with Gasteiger partial charge in [-0.2, -0.15) is 0 Å². The summed E-state index contributed by atoms with van der Waals surface area (Å²) in [5.41, 5.74) is 2.16. The van der Waals surface area contributed by atoms with Gasteiger partial charge in [0.1, 0.15) is 0 Å². The van der Waals surface area contributed by atoms with Crippen molar-refractivity contribution in [1.82, 2.24) is 5.32 Å². The van der Waals surface area contributed by atoms with Gasteiger partial charge >= 0.3 is 0 Å². The molecule has 130 valence electrons. The number of carbonyl (C=O) groups is 2. The van der Waals surface area contributed by atoms with Gasteiger partial charge in [0.15, 0.2) is 0 Å². The summed E-state index contributed by atoms with van der Waals surface area (Å²) in [6.45, 7) is 4.82. The number of amides is 2. The van der Waals surface area contributed by atoms with Crippen molar-refractivity contribution in [3.8, 4) is 0 Å². The second kappa shape index (κ2) is 7.37.